The lowest BCUT2D eigenvalue weighted by molar-refractivity contribution is 0.122. The second-order valence-corrected chi connectivity index (χ2v) is 5.64. The van der Waals surface area contributed by atoms with Gasteiger partial charge < -0.3 is 25.4 Å². The number of morpholine rings is 1. The molecule has 0 aliphatic carbocycles. The Morgan fingerprint density at radius 3 is 2.88 bits per heavy atom. The van der Waals surface area contributed by atoms with E-state index >= 15 is 0 Å². The van der Waals surface area contributed by atoms with Gasteiger partial charge in [0.25, 0.3) is 0 Å². The number of hydrogen-bond acceptors (Lipinski definition) is 5. The molecule has 1 aromatic heterocycles. The monoisotopic (exact) mass is 341 g/mol. The van der Waals surface area contributed by atoms with Gasteiger partial charge in [-0.2, -0.15) is 0 Å². The Morgan fingerprint density at radius 2 is 2.08 bits per heavy atom. The van der Waals surface area contributed by atoms with Gasteiger partial charge in [0, 0.05) is 24.8 Å². The van der Waals surface area contributed by atoms with E-state index in [2.05, 4.69) is 20.2 Å². The first-order chi connectivity index (χ1) is 12.2. The fraction of sp³-hybridized carbons (Fsp3) is 0.333. The van der Waals surface area contributed by atoms with Crippen LogP contribution in [0.2, 0.25) is 0 Å². The lowest BCUT2D eigenvalue weighted by Crippen LogP contribution is -2.36. The average Bonchev–Trinajstić information content (AvgIpc) is 2.67. The van der Waals surface area contributed by atoms with E-state index in [9.17, 15) is 0 Å². The standard InChI is InChI=1S/C18H23N5O2/c1-24-16-6-2-4-14(12-16)22-18(19)20-13-15-5-3-7-17(21-15)23-8-10-25-11-9-23/h2-7,12H,8-11,13H2,1H3,(H3,19,20,22). The molecule has 0 atom stereocenters. The van der Waals surface area contributed by atoms with E-state index in [1.165, 1.54) is 0 Å². The summed E-state index contributed by atoms with van der Waals surface area (Å²) in [5.41, 5.74) is 7.67. The van der Waals surface area contributed by atoms with Crippen molar-refractivity contribution in [3.05, 3.63) is 48.2 Å². The van der Waals surface area contributed by atoms with E-state index in [1.54, 1.807) is 7.11 Å². The number of ether oxygens (including phenoxy) is 2. The molecule has 2 aromatic rings. The van der Waals surface area contributed by atoms with Gasteiger partial charge in [0.15, 0.2) is 5.96 Å². The summed E-state index contributed by atoms with van der Waals surface area (Å²) >= 11 is 0. The molecule has 1 saturated heterocycles. The number of aromatic nitrogens is 1. The van der Waals surface area contributed by atoms with Crippen LogP contribution < -0.4 is 20.7 Å². The van der Waals surface area contributed by atoms with Crippen molar-refractivity contribution in [1.82, 2.24) is 4.98 Å². The molecule has 0 bridgehead atoms. The first kappa shape index (κ1) is 17.0. The predicted molar refractivity (Wildman–Crippen MR) is 99.2 cm³/mol. The minimum Gasteiger partial charge on any atom is -0.497 e. The molecule has 2 heterocycles. The summed E-state index contributed by atoms with van der Waals surface area (Å²) in [5.74, 6) is 2.06. The fourth-order valence-electron chi connectivity index (χ4n) is 2.58. The predicted octanol–water partition coefficient (Wildman–Crippen LogP) is 1.85. The zero-order valence-corrected chi connectivity index (χ0v) is 14.3. The maximum atomic E-state index is 5.97. The van der Waals surface area contributed by atoms with Crippen LogP contribution in [0.5, 0.6) is 5.75 Å². The van der Waals surface area contributed by atoms with Gasteiger partial charge in [-0.05, 0) is 24.3 Å². The zero-order valence-electron chi connectivity index (χ0n) is 14.3. The maximum Gasteiger partial charge on any atom is 0.193 e. The first-order valence-corrected chi connectivity index (χ1v) is 8.24. The third-order valence-electron chi connectivity index (χ3n) is 3.88. The van der Waals surface area contributed by atoms with Gasteiger partial charge in [-0.25, -0.2) is 9.98 Å². The number of nitrogens with two attached hydrogens (primary N) is 1. The van der Waals surface area contributed by atoms with Crippen molar-refractivity contribution in [2.75, 3.05) is 43.6 Å². The van der Waals surface area contributed by atoms with Crippen molar-refractivity contribution in [3.63, 3.8) is 0 Å². The highest BCUT2D eigenvalue weighted by molar-refractivity contribution is 5.92. The number of pyridine rings is 1. The molecule has 0 amide bonds. The Kier molecular flexibility index (Phi) is 5.69. The number of methoxy groups -OCH3 is 1. The highest BCUT2D eigenvalue weighted by Gasteiger charge is 2.12. The summed E-state index contributed by atoms with van der Waals surface area (Å²) in [6.07, 6.45) is 0. The van der Waals surface area contributed by atoms with Crippen molar-refractivity contribution >= 4 is 17.5 Å². The lowest BCUT2D eigenvalue weighted by atomic mass is 10.3. The summed E-state index contributed by atoms with van der Waals surface area (Å²) in [5, 5.41) is 3.06. The Bertz CT molecular complexity index is 729. The number of anilines is 2. The number of hydrogen-bond donors (Lipinski definition) is 2. The minimum absolute atomic E-state index is 0.340. The second kappa shape index (κ2) is 8.34. The molecule has 3 N–H and O–H groups in total. The lowest BCUT2D eigenvalue weighted by Gasteiger charge is -2.27. The maximum absolute atomic E-state index is 5.97. The van der Waals surface area contributed by atoms with Gasteiger partial charge in [0.05, 0.1) is 32.6 Å². The van der Waals surface area contributed by atoms with E-state index in [-0.39, 0.29) is 0 Å². The van der Waals surface area contributed by atoms with Gasteiger partial charge in [-0.15, -0.1) is 0 Å². The Labute approximate surface area is 147 Å². The number of nitrogens with one attached hydrogen (secondary N) is 1. The van der Waals surface area contributed by atoms with Crippen molar-refractivity contribution in [2.24, 2.45) is 10.7 Å². The molecular formula is C18H23N5O2. The molecule has 132 valence electrons. The highest BCUT2D eigenvalue weighted by Crippen LogP contribution is 2.17. The van der Waals surface area contributed by atoms with Crippen molar-refractivity contribution in [2.45, 2.75) is 6.54 Å². The molecule has 3 rings (SSSR count). The van der Waals surface area contributed by atoms with Crippen LogP contribution in [0.25, 0.3) is 0 Å². The van der Waals surface area contributed by atoms with E-state index in [0.717, 1.165) is 49.3 Å². The third kappa shape index (κ3) is 4.84. The summed E-state index contributed by atoms with van der Waals surface area (Å²) < 4.78 is 10.6. The summed E-state index contributed by atoms with van der Waals surface area (Å²) in [6.45, 7) is 3.61. The molecule has 7 nitrogen and oxygen atoms in total. The third-order valence-corrected chi connectivity index (χ3v) is 3.88. The number of nitrogens with zero attached hydrogens (tertiary/aromatic N) is 3. The van der Waals surface area contributed by atoms with E-state index in [0.29, 0.717) is 12.5 Å². The molecule has 0 unspecified atom stereocenters. The number of aliphatic imine (C=N–C) groups is 1. The molecular weight excluding hydrogens is 318 g/mol. The number of rotatable bonds is 5. The molecule has 0 radical (unpaired) electrons. The van der Waals surface area contributed by atoms with Crippen molar-refractivity contribution < 1.29 is 9.47 Å². The fourth-order valence-corrected chi connectivity index (χ4v) is 2.58. The van der Waals surface area contributed by atoms with Crippen LogP contribution in [0, 0.1) is 0 Å². The molecule has 7 heteroatoms. The van der Waals surface area contributed by atoms with E-state index < -0.39 is 0 Å². The largest absolute Gasteiger partial charge is 0.497 e. The first-order valence-electron chi connectivity index (χ1n) is 8.24. The van der Waals surface area contributed by atoms with Crippen molar-refractivity contribution in [1.29, 1.82) is 0 Å². The molecule has 1 aliphatic rings. The summed E-state index contributed by atoms with van der Waals surface area (Å²) in [6, 6.07) is 13.5. The van der Waals surface area contributed by atoms with Gasteiger partial charge in [0.1, 0.15) is 11.6 Å². The SMILES string of the molecule is COc1cccc(NC(N)=NCc2cccc(N3CCOCC3)n2)c1. The number of benzene rings is 1. The highest BCUT2D eigenvalue weighted by atomic mass is 16.5. The van der Waals surface area contributed by atoms with Crippen LogP contribution in [0.15, 0.2) is 47.5 Å². The average molecular weight is 341 g/mol. The molecule has 1 fully saturated rings. The summed E-state index contributed by atoms with van der Waals surface area (Å²) in [4.78, 5) is 11.2. The molecule has 0 saturated carbocycles. The Hall–Kier alpha value is -2.80. The molecule has 25 heavy (non-hydrogen) atoms. The summed E-state index contributed by atoms with van der Waals surface area (Å²) in [7, 11) is 1.63. The van der Waals surface area contributed by atoms with Crippen LogP contribution in [0.4, 0.5) is 11.5 Å². The van der Waals surface area contributed by atoms with E-state index in [1.807, 2.05) is 42.5 Å². The van der Waals surface area contributed by atoms with Gasteiger partial charge >= 0.3 is 0 Å². The smallest absolute Gasteiger partial charge is 0.193 e. The number of guanidine groups is 1. The van der Waals surface area contributed by atoms with Gasteiger partial charge in [0.2, 0.25) is 0 Å². The van der Waals surface area contributed by atoms with E-state index in [4.69, 9.17) is 15.2 Å². The Balaban J connectivity index is 1.62. The van der Waals surface area contributed by atoms with Crippen LogP contribution in [0.1, 0.15) is 5.69 Å². The molecule has 1 aliphatic heterocycles. The Morgan fingerprint density at radius 1 is 1.28 bits per heavy atom. The topological polar surface area (TPSA) is 85.0 Å². The van der Waals surface area contributed by atoms with Crippen LogP contribution in [-0.2, 0) is 11.3 Å². The van der Waals surface area contributed by atoms with Crippen LogP contribution >= 0.6 is 0 Å². The minimum atomic E-state index is 0.340. The van der Waals surface area contributed by atoms with Crippen LogP contribution in [-0.4, -0.2) is 44.4 Å². The molecule has 1 aromatic carbocycles. The van der Waals surface area contributed by atoms with Crippen LogP contribution in [0.3, 0.4) is 0 Å². The quantitative estimate of drug-likeness (QED) is 0.638. The van der Waals surface area contributed by atoms with Gasteiger partial charge in [-0.1, -0.05) is 12.1 Å². The zero-order chi connectivity index (χ0) is 17.5. The second-order valence-electron chi connectivity index (χ2n) is 5.64. The van der Waals surface area contributed by atoms with Crippen molar-refractivity contribution in [3.8, 4) is 5.75 Å². The van der Waals surface area contributed by atoms with Gasteiger partial charge in [-0.3, -0.25) is 0 Å². The molecule has 0 spiro atoms. The normalized spacial score (nSPS) is 15.1.